The molecule has 0 aliphatic carbocycles. The molecule has 0 atom stereocenters. The van der Waals surface area contributed by atoms with Crippen LogP contribution >= 0.6 is 11.3 Å². The van der Waals surface area contributed by atoms with Crippen molar-refractivity contribution in [2.24, 2.45) is 0 Å². The van der Waals surface area contributed by atoms with Crippen molar-refractivity contribution in [3.05, 3.63) is 62.3 Å². The van der Waals surface area contributed by atoms with Crippen LogP contribution in [0.5, 0.6) is 5.75 Å². The molecule has 4 aromatic rings. The van der Waals surface area contributed by atoms with E-state index in [9.17, 15) is 26.7 Å². The Bertz CT molecular complexity index is 1310. The second-order valence-corrected chi connectivity index (χ2v) is 7.80. The number of rotatable bonds is 6. The number of nitrogens with one attached hydrogen (secondary N) is 1. The van der Waals surface area contributed by atoms with Crippen LogP contribution in [0.15, 0.2) is 40.5 Å². The summed E-state index contributed by atoms with van der Waals surface area (Å²) in [7, 11) is 0. The van der Waals surface area contributed by atoms with Gasteiger partial charge in [0.1, 0.15) is 11.4 Å². The van der Waals surface area contributed by atoms with E-state index in [1.807, 2.05) is 0 Å². The van der Waals surface area contributed by atoms with Gasteiger partial charge in [0.25, 0.3) is 0 Å². The highest BCUT2D eigenvalue weighted by Crippen LogP contribution is 2.34. The molecule has 0 amide bonds. The SMILES string of the molecule is Cc1nn(CCc2nc(-c3ccc(OC(F)F)cc3)cs2)c2[nH]c(=O)cc(C(F)(F)F)c12. The molecule has 168 valence electrons. The van der Waals surface area contributed by atoms with Crippen LogP contribution in [0, 0.1) is 6.92 Å². The molecule has 6 nitrogen and oxygen atoms in total. The fraction of sp³-hybridized carbons (Fsp3) is 0.250. The fourth-order valence-corrected chi connectivity index (χ4v) is 4.14. The highest BCUT2D eigenvalue weighted by atomic mass is 32.1. The standard InChI is InChI=1S/C20H15F5N4O2S/c1-10-17-13(20(23,24)25)8-15(30)27-18(17)29(28-10)7-6-16-26-14(9-32-16)11-2-4-12(5-3-11)31-19(21)22/h2-5,8-9,19H,6-7H2,1H3,(H,27,30). The van der Waals surface area contributed by atoms with Crippen molar-refractivity contribution in [1.82, 2.24) is 19.7 Å². The van der Waals surface area contributed by atoms with Gasteiger partial charge in [0.05, 0.1) is 27.3 Å². The normalized spacial score (nSPS) is 12.1. The topological polar surface area (TPSA) is 72.8 Å². The van der Waals surface area contributed by atoms with Crippen molar-refractivity contribution < 1.29 is 26.7 Å². The number of thiazole rings is 1. The molecule has 0 radical (unpaired) electrons. The Morgan fingerprint density at radius 2 is 1.94 bits per heavy atom. The van der Waals surface area contributed by atoms with E-state index < -0.39 is 23.9 Å². The van der Waals surface area contributed by atoms with E-state index in [4.69, 9.17) is 0 Å². The molecular formula is C20H15F5N4O2S. The van der Waals surface area contributed by atoms with Crippen LogP contribution in [0.4, 0.5) is 22.0 Å². The molecule has 3 heterocycles. The predicted octanol–water partition coefficient (Wildman–Crippen LogP) is 5.02. The van der Waals surface area contributed by atoms with E-state index in [0.29, 0.717) is 28.8 Å². The molecule has 0 spiro atoms. The minimum Gasteiger partial charge on any atom is -0.435 e. The summed E-state index contributed by atoms with van der Waals surface area (Å²) in [5.41, 5.74) is -0.377. The number of halogens is 5. The van der Waals surface area contributed by atoms with Gasteiger partial charge >= 0.3 is 12.8 Å². The van der Waals surface area contributed by atoms with Crippen molar-refractivity contribution in [1.29, 1.82) is 0 Å². The number of aromatic amines is 1. The third-order valence-electron chi connectivity index (χ3n) is 4.68. The lowest BCUT2D eigenvalue weighted by molar-refractivity contribution is -0.136. The molecule has 0 aliphatic heterocycles. The molecule has 3 aromatic heterocycles. The summed E-state index contributed by atoms with van der Waals surface area (Å²) in [6, 6.07) is 6.56. The molecular weight excluding hydrogens is 455 g/mol. The monoisotopic (exact) mass is 470 g/mol. The van der Waals surface area contributed by atoms with Crippen LogP contribution in [0.25, 0.3) is 22.3 Å². The number of aromatic nitrogens is 4. The highest BCUT2D eigenvalue weighted by molar-refractivity contribution is 7.09. The van der Waals surface area contributed by atoms with Gasteiger partial charge in [-0.1, -0.05) is 0 Å². The third kappa shape index (κ3) is 4.49. The molecule has 1 aromatic carbocycles. The van der Waals surface area contributed by atoms with Crippen LogP contribution in [-0.2, 0) is 19.1 Å². The average molecular weight is 470 g/mol. The zero-order valence-electron chi connectivity index (χ0n) is 16.4. The van der Waals surface area contributed by atoms with Gasteiger partial charge < -0.3 is 9.72 Å². The Kier molecular flexibility index (Phi) is 5.71. The summed E-state index contributed by atoms with van der Waals surface area (Å²) in [6.45, 7) is -1.25. The second-order valence-electron chi connectivity index (χ2n) is 6.86. The molecule has 0 fully saturated rings. The first-order valence-corrected chi connectivity index (χ1v) is 10.2. The smallest absolute Gasteiger partial charge is 0.417 e. The number of H-pyrrole nitrogens is 1. The Labute approximate surface area is 181 Å². The largest absolute Gasteiger partial charge is 0.435 e. The first-order chi connectivity index (χ1) is 15.1. The molecule has 0 saturated carbocycles. The maximum absolute atomic E-state index is 13.3. The number of hydrogen-bond acceptors (Lipinski definition) is 5. The molecule has 4 rings (SSSR count). The minimum atomic E-state index is -4.68. The van der Waals surface area contributed by atoms with E-state index >= 15 is 0 Å². The van der Waals surface area contributed by atoms with E-state index in [1.54, 1.807) is 17.5 Å². The van der Waals surface area contributed by atoms with Crippen molar-refractivity contribution in [2.45, 2.75) is 32.7 Å². The maximum Gasteiger partial charge on any atom is 0.417 e. The lowest BCUT2D eigenvalue weighted by atomic mass is 10.1. The summed E-state index contributed by atoms with van der Waals surface area (Å²) in [5.74, 6) is 0.0346. The van der Waals surface area contributed by atoms with Crippen LogP contribution < -0.4 is 10.3 Å². The Balaban J connectivity index is 1.54. The van der Waals surface area contributed by atoms with Crippen LogP contribution in [0.1, 0.15) is 16.3 Å². The average Bonchev–Trinajstić information content (AvgIpc) is 3.30. The summed E-state index contributed by atoms with van der Waals surface area (Å²) >= 11 is 1.35. The molecule has 12 heteroatoms. The second kappa shape index (κ2) is 8.34. The lowest BCUT2D eigenvalue weighted by Gasteiger charge is -2.08. The van der Waals surface area contributed by atoms with Gasteiger partial charge in [-0.2, -0.15) is 27.1 Å². The number of nitrogens with zero attached hydrogens (tertiary/aromatic N) is 3. The van der Waals surface area contributed by atoms with Gasteiger partial charge in [-0.25, -0.2) is 9.67 Å². The molecule has 0 saturated heterocycles. The zero-order valence-corrected chi connectivity index (χ0v) is 17.2. The Morgan fingerprint density at radius 1 is 1.22 bits per heavy atom. The van der Waals surface area contributed by atoms with Crippen LogP contribution in [0.2, 0.25) is 0 Å². The van der Waals surface area contributed by atoms with E-state index in [-0.39, 0.29) is 29.0 Å². The summed E-state index contributed by atoms with van der Waals surface area (Å²) < 4.78 is 70.2. The lowest BCUT2D eigenvalue weighted by Crippen LogP contribution is -2.15. The van der Waals surface area contributed by atoms with Crippen LogP contribution in [-0.4, -0.2) is 26.4 Å². The van der Waals surface area contributed by atoms with Crippen LogP contribution in [0.3, 0.4) is 0 Å². The Morgan fingerprint density at radius 3 is 2.59 bits per heavy atom. The van der Waals surface area contributed by atoms with E-state index in [2.05, 4.69) is 19.8 Å². The van der Waals surface area contributed by atoms with Crippen molar-refractivity contribution in [2.75, 3.05) is 0 Å². The number of alkyl halides is 5. The van der Waals surface area contributed by atoms with E-state index in [0.717, 1.165) is 0 Å². The predicted molar refractivity (Wildman–Crippen MR) is 108 cm³/mol. The number of pyridine rings is 1. The highest BCUT2D eigenvalue weighted by Gasteiger charge is 2.35. The number of aryl methyl sites for hydroxylation is 3. The molecule has 32 heavy (non-hydrogen) atoms. The van der Waals surface area contributed by atoms with Gasteiger partial charge in [-0.3, -0.25) is 4.79 Å². The van der Waals surface area contributed by atoms with Gasteiger partial charge in [0.2, 0.25) is 5.56 Å². The number of hydrogen-bond donors (Lipinski definition) is 1. The van der Waals surface area contributed by atoms with Crippen molar-refractivity contribution in [3.8, 4) is 17.0 Å². The van der Waals surface area contributed by atoms with E-state index in [1.165, 1.54) is 35.1 Å². The number of benzene rings is 1. The maximum atomic E-state index is 13.3. The first-order valence-electron chi connectivity index (χ1n) is 9.29. The molecule has 1 N–H and O–H groups in total. The minimum absolute atomic E-state index is 0.00808. The first kappa shape index (κ1) is 21.9. The summed E-state index contributed by atoms with van der Waals surface area (Å²) in [6.07, 6.45) is -4.31. The Hall–Kier alpha value is -3.28. The number of ether oxygens (including phenoxy) is 1. The third-order valence-corrected chi connectivity index (χ3v) is 5.59. The molecule has 0 bridgehead atoms. The summed E-state index contributed by atoms with van der Waals surface area (Å²) in [5, 5.41) is 6.51. The fourth-order valence-electron chi connectivity index (χ4n) is 3.34. The van der Waals surface area contributed by atoms with Gasteiger partial charge in [-0.15, -0.1) is 11.3 Å². The molecule has 0 unspecified atom stereocenters. The molecule has 0 aliphatic rings. The summed E-state index contributed by atoms with van der Waals surface area (Å²) in [4.78, 5) is 18.7. The van der Waals surface area contributed by atoms with Gasteiger partial charge in [0, 0.05) is 30.0 Å². The number of fused-ring (bicyclic) bond motifs is 1. The van der Waals surface area contributed by atoms with Crippen molar-refractivity contribution in [3.63, 3.8) is 0 Å². The quantitative estimate of drug-likeness (QED) is 0.402. The zero-order chi connectivity index (χ0) is 23.0. The van der Waals surface area contributed by atoms with Gasteiger partial charge in [0.15, 0.2) is 0 Å². The van der Waals surface area contributed by atoms with Crippen molar-refractivity contribution >= 4 is 22.4 Å². The van der Waals surface area contributed by atoms with Gasteiger partial charge in [-0.05, 0) is 31.2 Å².